The number of halogens is 4. The van der Waals surface area contributed by atoms with Crippen molar-refractivity contribution in [3.8, 4) is 0 Å². The van der Waals surface area contributed by atoms with Gasteiger partial charge in [0, 0.05) is 16.2 Å². The highest BCUT2D eigenvalue weighted by atomic mass is 79.9. The fourth-order valence-corrected chi connectivity index (χ4v) is 1.67. The first-order chi connectivity index (χ1) is 7.34. The molecule has 0 heterocycles. The van der Waals surface area contributed by atoms with Crippen LogP contribution in [0.5, 0.6) is 0 Å². The Morgan fingerprint density at radius 3 is 2.44 bits per heavy atom. The van der Waals surface area contributed by atoms with Crippen LogP contribution < -0.4 is 5.32 Å². The summed E-state index contributed by atoms with van der Waals surface area (Å²) in [6.45, 7) is 3.99. The zero-order valence-corrected chi connectivity index (χ0v) is 10.6. The van der Waals surface area contributed by atoms with Gasteiger partial charge in [-0.2, -0.15) is 13.2 Å². The van der Waals surface area contributed by atoms with Crippen LogP contribution in [0.1, 0.15) is 25.8 Å². The van der Waals surface area contributed by atoms with Crippen molar-refractivity contribution in [3.05, 3.63) is 28.2 Å². The van der Waals surface area contributed by atoms with E-state index in [9.17, 15) is 13.2 Å². The Hall–Kier alpha value is -0.710. The molecule has 0 saturated heterocycles. The Morgan fingerprint density at radius 1 is 1.38 bits per heavy atom. The molecule has 0 spiro atoms. The molecule has 1 N–H and O–H groups in total. The zero-order chi connectivity index (χ0) is 12.3. The Morgan fingerprint density at radius 2 is 2.00 bits per heavy atom. The first-order valence-corrected chi connectivity index (χ1v) is 5.77. The molecule has 1 unspecified atom stereocenters. The largest absolute Gasteiger partial charge is 0.416 e. The second kappa shape index (κ2) is 5.08. The van der Waals surface area contributed by atoms with E-state index in [0.29, 0.717) is 10.2 Å². The van der Waals surface area contributed by atoms with Gasteiger partial charge in [-0.05, 0) is 47.5 Å². The second-order valence-electron chi connectivity index (χ2n) is 3.65. The second-order valence-corrected chi connectivity index (χ2v) is 4.50. The van der Waals surface area contributed by atoms with Crippen molar-refractivity contribution in [2.24, 2.45) is 0 Å². The summed E-state index contributed by atoms with van der Waals surface area (Å²) < 4.78 is 37.6. The van der Waals surface area contributed by atoms with Gasteiger partial charge in [0.2, 0.25) is 0 Å². The van der Waals surface area contributed by atoms with Gasteiger partial charge in [-0.15, -0.1) is 0 Å². The lowest BCUT2D eigenvalue weighted by Crippen LogP contribution is -2.14. The minimum Gasteiger partial charge on any atom is -0.382 e. The summed E-state index contributed by atoms with van der Waals surface area (Å²) in [4.78, 5) is 0. The van der Waals surface area contributed by atoms with E-state index in [0.717, 1.165) is 18.6 Å². The van der Waals surface area contributed by atoms with Gasteiger partial charge in [0.1, 0.15) is 0 Å². The van der Waals surface area contributed by atoms with Crippen LogP contribution in [0.15, 0.2) is 22.7 Å². The molecule has 1 atom stereocenters. The number of hydrogen-bond acceptors (Lipinski definition) is 1. The maximum absolute atomic E-state index is 12.4. The van der Waals surface area contributed by atoms with Crippen LogP contribution in [0.25, 0.3) is 0 Å². The molecule has 0 aliphatic carbocycles. The van der Waals surface area contributed by atoms with E-state index in [1.807, 2.05) is 13.8 Å². The van der Waals surface area contributed by atoms with Crippen molar-refractivity contribution < 1.29 is 13.2 Å². The minimum atomic E-state index is -4.29. The van der Waals surface area contributed by atoms with Gasteiger partial charge < -0.3 is 5.32 Å². The van der Waals surface area contributed by atoms with Crippen LogP contribution in [0.4, 0.5) is 18.9 Å². The summed E-state index contributed by atoms with van der Waals surface area (Å²) in [6.07, 6.45) is -3.38. The number of hydrogen-bond donors (Lipinski definition) is 1. The van der Waals surface area contributed by atoms with Gasteiger partial charge >= 0.3 is 6.18 Å². The van der Waals surface area contributed by atoms with Crippen molar-refractivity contribution >= 4 is 21.6 Å². The molecule has 1 aromatic carbocycles. The lowest BCUT2D eigenvalue weighted by Gasteiger charge is -2.16. The van der Waals surface area contributed by atoms with E-state index >= 15 is 0 Å². The molecule has 0 aromatic heterocycles. The van der Waals surface area contributed by atoms with Crippen molar-refractivity contribution in [2.45, 2.75) is 32.5 Å². The Balaban J connectivity index is 2.92. The highest BCUT2D eigenvalue weighted by Crippen LogP contribution is 2.34. The molecule has 5 heteroatoms. The summed E-state index contributed by atoms with van der Waals surface area (Å²) >= 11 is 3.13. The lowest BCUT2D eigenvalue weighted by atomic mass is 10.2. The molecule has 0 fully saturated rings. The van der Waals surface area contributed by atoms with E-state index in [2.05, 4.69) is 21.2 Å². The molecular formula is C11H13BrF3N. The van der Waals surface area contributed by atoms with E-state index < -0.39 is 11.7 Å². The quantitative estimate of drug-likeness (QED) is 0.854. The van der Waals surface area contributed by atoms with Gasteiger partial charge in [-0.1, -0.05) is 6.92 Å². The average Bonchev–Trinajstić information content (AvgIpc) is 2.19. The lowest BCUT2D eigenvalue weighted by molar-refractivity contribution is -0.137. The first-order valence-electron chi connectivity index (χ1n) is 4.98. The predicted molar refractivity (Wildman–Crippen MR) is 62.5 cm³/mol. The molecule has 0 bridgehead atoms. The Labute approximate surface area is 101 Å². The SMILES string of the molecule is CCC(C)Nc1ccc(C(F)(F)F)cc1Br. The smallest absolute Gasteiger partial charge is 0.382 e. The van der Waals surface area contributed by atoms with E-state index in [1.165, 1.54) is 6.07 Å². The first kappa shape index (κ1) is 13.4. The summed E-state index contributed by atoms with van der Waals surface area (Å²) in [5.41, 5.74) is 0.0384. The molecular weight excluding hydrogens is 283 g/mol. The van der Waals surface area contributed by atoms with Crippen molar-refractivity contribution in [1.29, 1.82) is 0 Å². The van der Waals surface area contributed by atoms with Crippen molar-refractivity contribution in [2.75, 3.05) is 5.32 Å². The highest BCUT2D eigenvalue weighted by molar-refractivity contribution is 9.10. The third-order valence-corrected chi connectivity index (χ3v) is 2.97. The molecule has 0 aliphatic heterocycles. The zero-order valence-electron chi connectivity index (χ0n) is 9.03. The molecule has 0 aliphatic rings. The fraction of sp³-hybridized carbons (Fsp3) is 0.455. The van der Waals surface area contributed by atoms with Gasteiger partial charge in [-0.3, -0.25) is 0 Å². The molecule has 1 aromatic rings. The maximum Gasteiger partial charge on any atom is 0.416 e. The van der Waals surface area contributed by atoms with Gasteiger partial charge in [0.15, 0.2) is 0 Å². The molecule has 1 nitrogen and oxygen atoms in total. The van der Waals surface area contributed by atoms with Crippen LogP contribution in [0.3, 0.4) is 0 Å². The number of anilines is 1. The van der Waals surface area contributed by atoms with E-state index in [-0.39, 0.29) is 6.04 Å². The maximum atomic E-state index is 12.4. The van der Waals surface area contributed by atoms with Crippen LogP contribution in [-0.4, -0.2) is 6.04 Å². The molecule has 16 heavy (non-hydrogen) atoms. The summed E-state index contributed by atoms with van der Waals surface area (Å²) in [6, 6.07) is 3.84. The van der Waals surface area contributed by atoms with Gasteiger partial charge in [-0.25, -0.2) is 0 Å². The van der Waals surface area contributed by atoms with Crippen molar-refractivity contribution in [3.63, 3.8) is 0 Å². The standard InChI is InChI=1S/C11H13BrF3N/c1-3-7(2)16-10-5-4-8(6-9(10)12)11(13,14)15/h4-7,16H,3H2,1-2H3. The van der Waals surface area contributed by atoms with Gasteiger partial charge in [0.05, 0.1) is 5.56 Å². The topological polar surface area (TPSA) is 12.0 Å². The average molecular weight is 296 g/mol. The molecule has 90 valence electrons. The van der Waals surface area contributed by atoms with E-state index in [1.54, 1.807) is 0 Å². The van der Waals surface area contributed by atoms with Crippen LogP contribution in [0.2, 0.25) is 0 Å². The van der Waals surface area contributed by atoms with Crippen LogP contribution >= 0.6 is 15.9 Å². The minimum absolute atomic E-state index is 0.230. The summed E-state index contributed by atoms with van der Waals surface area (Å²) in [7, 11) is 0. The Bertz CT molecular complexity index is 363. The molecule has 0 amide bonds. The van der Waals surface area contributed by atoms with Crippen LogP contribution in [0, 0.1) is 0 Å². The summed E-state index contributed by atoms with van der Waals surface area (Å²) in [5.74, 6) is 0. The predicted octanol–water partition coefficient (Wildman–Crippen LogP) is 4.68. The van der Waals surface area contributed by atoms with E-state index in [4.69, 9.17) is 0 Å². The molecule has 1 rings (SSSR count). The molecule has 0 saturated carbocycles. The van der Waals surface area contributed by atoms with Crippen LogP contribution in [-0.2, 0) is 6.18 Å². The Kier molecular flexibility index (Phi) is 4.24. The number of alkyl halides is 3. The fourth-order valence-electron chi connectivity index (χ4n) is 1.18. The van der Waals surface area contributed by atoms with Gasteiger partial charge in [0.25, 0.3) is 0 Å². The summed E-state index contributed by atoms with van der Waals surface area (Å²) in [5, 5.41) is 3.12. The number of rotatable bonds is 3. The molecule has 0 radical (unpaired) electrons. The third-order valence-electron chi connectivity index (χ3n) is 2.31. The number of nitrogens with one attached hydrogen (secondary N) is 1. The normalized spacial score (nSPS) is 13.6. The van der Waals surface area contributed by atoms with Crippen molar-refractivity contribution in [1.82, 2.24) is 0 Å². The number of benzene rings is 1. The highest BCUT2D eigenvalue weighted by Gasteiger charge is 2.30. The monoisotopic (exact) mass is 295 g/mol. The third kappa shape index (κ3) is 3.40.